The number of fused-ring (bicyclic) bond motifs is 3. The minimum atomic E-state index is 0. The summed E-state index contributed by atoms with van der Waals surface area (Å²) in [4.78, 5) is 0. The largest absolute Gasteiger partial charge is 1.00 e. The molecular weight excluding hydrogens is 497 g/mol. The van der Waals surface area contributed by atoms with Crippen LogP contribution in [0, 0.1) is 0 Å². The van der Waals surface area contributed by atoms with Crippen molar-refractivity contribution in [1.82, 2.24) is 0 Å². The molecule has 0 aliphatic rings. The first kappa shape index (κ1) is 32.6. The van der Waals surface area contributed by atoms with Gasteiger partial charge in [0.25, 0.3) is 0 Å². The van der Waals surface area contributed by atoms with Crippen LogP contribution in [0.3, 0.4) is 0 Å². The standard InChI is InChI=1S/C12H8O.2BrH.5ClH/c1-3-7-11-9(5-1)10-6-2-4-8-12(10)13-11;;;;;;;/h1-8H;7*1H/p-7. The van der Waals surface area contributed by atoms with Gasteiger partial charge in [-0.1, -0.05) is 36.4 Å². The molecule has 1 aromatic heterocycles. The van der Waals surface area contributed by atoms with Crippen LogP contribution in [-0.4, -0.2) is 0 Å². The first-order valence-electron chi connectivity index (χ1n) is 4.31. The highest BCUT2D eigenvalue weighted by atomic mass is 79.9. The normalized spacial score (nSPS) is 7.20. The van der Waals surface area contributed by atoms with E-state index in [-0.39, 0.29) is 96.0 Å². The Morgan fingerprint density at radius 1 is 0.500 bits per heavy atom. The molecule has 118 valence electrons. The average molecular weight is 505 g/mol. The highest BCUT2D eigenvalue weighted by Gasteiger charge is 2.03. The zero-order valence-corrected chi connectivity index (χ0v) is 16.6. The maximum absolute atomic E-state index is 5.65. The Morgan fingerprint density at radius 2 is 0.800 bits per heavy atom. The van der Waals surface area contributed by atoms with E-state index in [2.05, 4.69) is 12.1 Å². The van der Waals surface area contributed by atoms with E-state index >= 15 is 0 Å². The predicted octanol–water partition coefficient (Wildman–Crippen LogP) is -17.4. The molecule has 0 aliphatic heterocycles. The van der Waals surface area contributed by atoms with Crippen molar-refractivity contribution < 1.29 is 100 Å². The first-order chi connectivity index (χ1) is 6.45. The van der Waals surface area contributed by atoms with Gasteiger partial charge in [0.15, 0.2) is 0 Å². The minimum absolute atomic E-state index is 0. The molecule has 0 unspecified atom stereocenters. The van der Waals surface area contributed by atoms with E-state index in [9.17, 15) is 0 Å². The zero-order valence-electron chi connectivity index (χ0n) is 9.67. The third-order valence-corrected chi connectivity index (χ3v) is 2.28. The molecule has 20 heavy (non-hydrogen) atoms. The molecule has 0 N–H and O–H groups in total. The highest BCUT2D eigenvalue weighted by molar-refractivity contribution is 6.04. The van der Waals surface area contributed by atoms with Crippen molar-refractivity contribution in [2.45, 2.75) is 0 Å². The molecule has 0 radical (unpaired) electrons. The second kappa shape index (κ2) is 14.6. The fraction of sp³-hybridized carbons (Fsp3) is 0. The minimum Gasteiger partial charge on any atom is -1.00 e. The molecular formula is C12H8Br2Cl5O-7. The van der Waals surface area contributed by atoms with E-state index in [0.29, 0.717) is 0 Å². The maximum Gasteiger partial charge on any atom is 0.135 e. The fourth-order valence-electron chi connectivity index (χ4n) is 1.67. The summed E-state index contributed by atoms with van der Waals surface area (Å²) in [5.41, 5.74) is 1.92. The second-order valence-corrected chi connectivity index (χ2v) is 3.09. The number of para-hydroxylation sites is 2. The molecule has 0 spiro atoms. The summed E-state index contributed by atoms with van der Waals surface area (Å²) >= 11 is 0. The number of hydrogen-bond acceptors (Lipinski definition) is 1. The Hall–Kier alpha value is 0.650. The lowest BCUT2D eigenvalue weighted by molar-refractivity contribution is -0.00100. The van der Waals surface area contributed by atoms with Crippen molar-refractivity contribution >= 4 is 21.9 Å². The summed E-state index contributed by atoms with van der Waals surface area (Å²) in [6.45, 7) is 0. The van der Waals surface area contributed by atoms with E-state index in [1.54, 1.807) is 0 Å². The molecule has 3 rings (SSSR count). The van der Waals surface area contributed by atoms with Crippen LogP contribution in [-0.2, 0) is 0 Å². The molecule has 0 amide bonds. The Bertz CT molecular complexity index is 538. The van der Waals surface area contributed by atoms with Crippen molar-refractivity contribution in [1.29, 1.82) is 0 Å². The molecule has 1 heterocycles. The predicted molar refractivity (Wildman–Crippen MR) is 53.7 cm³/mol. The SMILES string of the molecule is [Br-].[Br-].[Cl-].[Cl-].[Cl-].[Cl-].[Cl-].c1ccc2c(c1)oc1ccccc12. The quantitative estimate of drug-likeness (QED) is 0.296. The van der Waals surface area contributed by atoms with Gasteiger partial charge in [-0.3, -0.25) is 0 Å². The van der Waals surface area contributed by atoms with Crippen LogP contribution in [0.2, 0.25) is 0 Å². The van der Waals surface area contributed by atoms with Gasteiger partial charge in [0.1, 0.15) is 11.2 Å². The van der Waals surface area contributed by atoms with Crippen molar-refractivity contribution in [3.63, 3.8) is 0 Å². The number of furan rings is 1. The summed E-state index contributed by atoms with van der Waals surface area (Å²) in [6.07, 6.45) is 0. The van der Waals surface area contributed by atoms with Gasteiger partial charge in [0.2, 0.25) is 0 Å². The van der Waals surface area contributed by atoms with Crippen LogP contribution in [0.25, 0.3) is 21.9 Å². The monoisotopic (exact) mass is 501 g/mol. The molecule has 0 fully saturated rings. The molecule has 0 bridgehead atoms. The van der Waals surface area contributed by atoms with Crippen LogP contribution in [0.4, 0.5) is 0 Å². The van der Waals surface area contributed by atoms with Crippen molar-refractivity contribution in [3.8, 4) is 0 Å². The van der Waals surface area contributed by atoms with E-state index in [0.717, 1.165) is 11.2 Å². The first-order valence-corrected chi connectivity index (χ1v) is 4.31. The van der Waals surface area contributed by atoms with Gasteiger partial charge in [-0.15, -0.1) is 0 Å². The summed E-state index contributed by atoms with van der Waals surface area (Å²) in [6, 6.07) is 16.2. The number of benzene rings is 2. The fourth-order valence-corrected chi connectivity index (χ4v) is 1.67. The average Bonchev–Trinajstić information content (AvgIpc) is 2.56. The van der Waals surface area contributed by atoms with Gasteiger partial charge in [-0.2, -0.15) is 0 Å². The zero-order chi connectivity index (χ0) is 8.67. The smallest absolute Gasteiger partial charge is 0.135 e. The Labute approximate surface area is 169 Å². The van der Waals surface area contributed by atoms with Gasteiger partial charge in [-0.05, 0) is 12.1 Å². The molecule has 3 aromatic rings. The molecule has 1 nitrogen and oxygen atoms in total. The van der Waals surface area contributed by atoms with Gasteiger partial charge in [0, 0.05) is 10.8 Å². The Balaban J connectivity index is -0.000000107. The molecule has 8 heteroatoms. The van der Waals surface area contributed by atoms with Gasteiger partial charge in [0.05, 0.1) is 0 Å². The topological polar surface area (TPSA) is 13.1 Å². The molecule has 0 atom stereocenters. The van der Waals surface area contributed by atoms with Crippen LogP contribution in [0.1, 0.15) is 0 Å². The number of rotatable bonds is 0. The Kier molecular flexibility index (Phi) is 23.7. The molecule has 2 aromatic carbocycles. The van der Waals surface area contributed by atoms with Crippen molar-refractivity contribution in [3.05, 3.63) is 48.5 Å². The maximum atomic E-state index is 5.65. The van der Waals surface area contributed by atoms with Gasteiger partial charge in [-0.25, -0.2) is 0 Å². The summed E-state index contributed by atoms with van der Waals surface area (Å²) < 4.78 is 5.65. The summed E-state index contributed by atoms with van der Waals surface area (Å²) in [5.74, 6) is 0. The van der Waals surface area contributed by atoms with Gasteiger partial charge >= 0.3 is 0 Å². The summed E-state index contributed by atoms with van der Waals surface area (Å²) in [5, 5.41) is 2.39. The Morgan fingerprint density at radius 3 is 1.15 bits per heavy atom. The van der Waals surface area contributed by atoms with Gasteiger partial charge < -0.3 is 100 Å². The van der Waals surface area contributed by atoms with Crippen molar-refractivity contribution in [2.24, 2.45) is 0 Å². The van der Waals surface area contributed by atoms with Crippen LogP contribution in [0.5, 0.6) is 0 Å². The highest BCUT2D eigenvalue weighted by Crippen LogP contribution is 2.27. The van der Waals surface area contributed by atoms with Crippen molar-refractivity contribution in [2.75, 3.05) is 0 Å². The van der Waals surface area contributed by atoms with E-state index in [1.165, 1.54) is 10.8 Å². The third-order valence-electron chi connectivity index (χ3n) is 2.28. The number of halogens is 7. The molecule has 0 saturated heterocycles. The lowest BCUT2D eigenvalue weighted by atomic mass is 10.2. The lowest BCUT2D eigenvalue weighted by Gasteiger charge is -1.85. The van der Waals surface area contributed by atoms with Crippen LogP contribution < -0.4 is 96.0 Å². The van der Waals surface area contributed by atoms with E-state index in [4.69, 9.17) is 4.42 Å². The molecule has 0 aliphatic carbocycles. The summed E-state index contributed by atoms with van der Waals surface area (Å²) in [7, 11) is 0. The molecule has 0 saturated carbocycles. The lowest BCUT2D eigenvalue weighted by Crippen LogP contribution is -3.00. The van der Waals surface area contributed by atoms with E-state index in [1.807, 2.05) is 36.4 Å². The third kappa shape index (κ3) is 6.18. The van der Waals surface area contributed by atoms with Crippen LogP contribution >= 0.6 is 0 Å². The second-order valence-electron chi connectivity index (χ2n) is 3.09. The van der Waals surface area contributed by atoms with E-state index < -0.39 is 0 Å². The number of hydrogen-bond donors (Lipinski definition) is 0. The van der Waals surface area contributed by atoms with Crippen LogP contribution in [0.15, 0.2) is 52.9 Å².